The summed E-state index contributed by atoms with van der Waals surface area (Å²) < 4.78 is 0. The second-order valence-electron chi connectivity index (χ2n) is 7.95. The van der Waals surface area contributed by atoms with Crippen molar-refractivity contribution in [3.63, 3.8) is 0 Å². The van der Waals surface area contributed by atoms with Crippen LogP contribution in [0.15, 0.2) is 36.4 Å². The van der Waals surface area contributed by atoms with E-state index in [0.717, 1.165) is 27.2 Å². The number of benzene rings is 2. The van der Waals surface area contributed by atoms with E-state index in [-0.39, 0.29) is 0 Å². The molecule has 0 aliphatic carbocycles. The molecule has 1 atom stereocenters. The quantitative estimate of drug-likeness (QED) is 0.586. The molecule has 7 nitrogen and oxygen atoms in total. The Labute approximate surface area is 175 Å². The van der Waals surface area contributed by atoms with Crippen molar-refractivity contribution in [2.45, 2.75) is 40.5 Å². The predicted octanol–water partition coefficient (Wildman–Crippen LogP) is 2.68. The third kappa shape index (κ3) is 3.70. The Balaban J connectivity index is 1.88. The number of carbonyl (C=O) groups excluding carboxylic acids is 4. The summed E-state index contributed by atoms with van der Waals surface area (Å²) in [6.45, 7) is 7.64. The average molecular weight is 407 g/mol. The summed E-state index contributed by atoms with van der Waals surface area (Å²) in [6.07, 6.45) is -0.935. The molecule has 156 valence electrons. The Bertz CT molecular complexity index is 1080. The molecule has 0 aromatic heterocycles. The van der Waals surface area contributed by atoms with Crippen LogP contribution in [0, 0.1) is 33.1 Å². The summed E-state index contributed by atoms with van der Waals surface area (Å²) in [4.78, 5) is 51.8. The molecule has 4 amide bonds. The van der Waals surface area contributed by atoms with Gasteiger partial charge in [-0.3, -0.25) is 19.2 Å². The third-order valence-corrected chi connectivity index (χ3v) is 5.79. The topological polar surface area (TPSA) is 110 Å². The maximum atomic E-state index is 13.2. The molecule has 1 heterocycles. The first-order valence-electron chi connectivity index (χ1n) is 9.67. The number of aryl methyl sites for hydroxylation is 4. The van der Waals surface area contributed by atoms with Gasteiger partial charge in [0.25, 0.3) is 5.91 Å². The van der Waals surface area contributed by atoms with Gasteiger partial charge in [0, 0.05) is 5.69 Å². The molecule has 1 aliphatic heterocycles. The minimum atomic E-state index is -1.90. The molecule has 3 N–H and O–H groups in total. The standard InChI is InChI=1S/C23H25N3O4/c1-13-5-7-17(9-15(13)3)25-19(27)11-23(21(24)29)12-20(28)26(22(23)30)18-8-6-14(2)16(4)10-18/h5-10H,11-12H2,1-4H3,(H2,24,29)(H,25,27)/t23-/m0/s1. The van der Waals surface area contributed by atoms with Crippen LogP contribution in [0.25, 0.3) is 0 Å². The first-order chi connectivity index (χ1) is 14.0. The lowest BCUT2D eigenvalue weighted by Crippen LogP contribution is -2.46. The zero-order valence-corrected chi connectivity index (χ0v) is 17.5. The molecule has 0 bridgehead atoms. The average Bonchev–Trinajstić information content (AvgIpc) is 2.91. The number of anilines is 2. The van der Waals surface area contributed by atoms with Gasteiger partial charge in [-0.2, -0.15) is 0 Å². The van der Waals surface area contributed by atoms with Crippen molar-refractivity contribution in [3.05, 3.63) is 58.7 Å². The van der Waals surface area contributed by atoms with Gasteiger partial charge in [0.1, 0.15) is 5.41 Å². The van der Waals surface area contributed by atoms with Crippen molar-refractivity contribution >= 4 is 35.0 Å². The third-order valence-electron chi connectivity index (χ3n) is 5.79. The molecule has 1 fully saturated rings. The second-order valence-corrected chi connectivity index (χ2v) is 7.95. The number of hydrogen-bond acceptors (Lipinski definition) is 4. The van der Waals surface area contributed by atoms with E-state index in [2.05, 4.69) is 5.32 Å². The lowest BCUT2D eigenvalue weighted by Gasteiger charge is -2.23. The highest BCUT2D eigenvalue weighted by atomic mass is 16.2. The van der Waals surface area contributed by atoms with Crippen molar-refractivity contribution in [3.8, 4) is 0 Å². The van der Waals surface area contributed by atoms with Gasteiger partial charge in [-0.25, -0.2) is 4.90 Å². The number of imide groups is 1. The van der Waals surface area contributed by atoms with E-state index in [4.69, 9.17) is 5.73 Å². The maximum absolute atomic E-state index is 13.2. The number of hydrogen-bond donors (Lipinski definition) is 2. The van der Waals surface area contributed by atoms with E-state index in [0.29, 0.717) is 11.4 Å². The van der Waals surface area contributed by atoms with Gasteiger partial charge in [0.05, 0.1) is 18.5 Å². The molecule has 0 radical (unpaired) electrons. The number of primary amides is 1. The fourth-order valence-electron chi connectivity index (χ4n) is 3.58. The fraction of sp³-hybridized carbons (Fsp3) is 0.304. The van der Waals surface area contributed by atoms with E-state index in [1.165, 1.54) is 0 Å². The van der Waals surface area contributed by atoms with Crippen LogP contribution in [0.4, 0.5) is 11.4 Å². The first-order valence-corrected chi connectivity index (χ1v) is 9.67. The minimum absolute atomic E-state index is 0.366. The zero-order chi connectivity index (χ0) is 22.2. The number of nitrogens with zero attached hydrogens (tertiary/aromatic N) is 1. The molecule has 0 unspecified atom stereocenters. The predicted molar refractivity (Wildman–Crippen MR) is 114 cm³/mol. The second kappa shape index (κ2) is 7.74. The van der Waals surface area contributed by atoms with E-state index in [9.17, 15) is 19.2 Å². The Morgan fingerprint density at radius 2 is 1.57 bits per heavy atom. The van der Waals surface area contributed by atoms with Crippen LogP contribution >= 0.6 is 0 Å². The van der Waals surface area contributed by atoms with E-state index in [1.807, 2.05) is 33.8 Å². The summed E-state index contributed by atoms with van der Waals surface area (Å²) in [5.74, 6) is -2.86. The smallest absolute Gasteiger partial charge is 0.250 e. The summed E-state index contributed by atoms with van der Waals surface area (Å²) in [6, 6.07) is 10.5. The van der Waals surface area contributed by atoms with Gasteiger partial charge in [0.2, 0.25) is 17.7 Å². The lowest BCUT2D eigenvalue weighted by molar-refractivity contribution is -0.141. The van der Waals surface area contributed by atoms with Crippen LogP contribution in [0.1, 0.15) is 35.1 Å². The molecule has 30 heavy (non-hydrogen) atoms. The first kappa shape index (κ1) is 21.2. The molecule has 2 aromatic rings. The summed E-state index contributed by atoms with van der Waals surface area (Å²) >= 11 is 0. The van der Waals surface area contributed by atoms with Gasteiger partial charge >= 0.3 is 0 Å². The Kier molecular flexibility index (Phi) is 5.48. The lowest BCUT2D eigenvalue weighted by atomic mass is 9.81. The fourth-order valence-corrected chi connectivity index (χ4v) is 3.58. The molecule has 7 heteroatoms. The Hall–Kier alpha value is -3.48. The zero-order valence-electron chi connectivity index (χ0n) is 17.5. The monoisotopic (exact) mass is 407 g/mol. The highest BCUT2D eigenvalue weighted by Crippen LogP contribution is 2.39. The SMILES string of the molecule is Cc1ccc(NC(=O)C[C@@]2(C(N)=O)CC(=O)N(c3ccc(C)c(C)c3)C2=O)cc1C. The van der Waals surface area contributed by atoms with Crippen LogP contribution < -0.4 is 16.0 Å². The van der Waals surface area contributed by atoms with Crippen molar-refractivity contribution < 1.29 is 19.2 Å². The molecule has 3 rings (SSSR count). The van der Waals surface area contributed by atoms with E-state index < -0.39 is 41.9 Å². The van der Waals surface area contributed by atoms with Gasteiger partial charge in [-0.15, -0.1) is 0 Å². The number of rotatable bonds is 5. The maximum Gasteiger partial charge on any atom is 0.250 e. The molecular formula is C23H25N3O4. The van der Waals surface area contributed by atoms with Crippen LogP contribution in [0.5, 0.6) is 0 Å². The Morgan fingerprint density at radius 3 is 2.13 bits per heavy atom. The van der Waals surface area contributed by atoms with Crippen LogP contribution in [0.2, 0.25) is 0 Å². The van der Waals surface area contributed by atoms with Crippen LogP contribution in [-0.4, -0.2) is 23.6 Å². The highest BCUT2D eigenvalue weighted by Gasteiger charge is 2.57. The molecular weight excluding hydrogens is 382 g/mol. The largest absolute Gasteiger partial charge is 0.369 e. The number of nitrogens with two attached hydrogens (primary N) is 1. The number of nitrogens with one attached hydrogen (secondary N) is 1. The molecule has 1 saturated heterocycles. The summed E-state index contributed by atoms with van der Waals surface area (Å²) in [5, 5.41) is 2.69. The summed E-state index contributed by atoms with van der Waals surface area (Å²) in [5.41, 5.74) is 8.53. The van der Waals surface area contributed by atoms with Crippen molar-refractivity contribution in [1.29, 1.82) is 0 Å². The molecule has 1 aliphatic rings. The van der Waals surface area contributed by atoms with E-state index >= 15 is 0 Å². The Morgan fingerprint density at radius 1 is 0.967 bits per heavy atom. The van der Waals surface area contributed by atoms with Crippen molar-refractivity contribution in [2.24, 2.45) is 11.1 Å². The summed E-state index contributed by atoms with van der Waals surface area (Å²) in [7, 11) is 0. The van der Waals surface area contributed by atoms with Crippen molar-refractivity contribution in [2.75, 3.05) is 10.2 Å². The van der Waals surface area contributed by atoms with Gasteiger partial charge in [-0.05, 0) is 74.2 Å². The normalized spacial score (nSPS) is 18.6. The van der Waals surface area contributed by atoms with Crippen LogP contribution in [0.3, 0.4) is 0 Å². The molecule has 0 saturated carbocycles. The van der Waals surface area contributed by atoms with Gasteiger partial charge in [0.15, 0.2) is 0 Å². The highest BCUT2D eigenvalue weighted by molar-refractivity contribution is 6.30. The van der Waals surface area contributed by atoms with Gasteiger partial charge in [-0.1, -0.05) is 12.1 Å². The van der Waals surface area contributed by atoms with E-state index in [1.54, 1.807) is 30.3 Å². The minimum Gasteiger partial charge on any atom is -0.369 e. The van der Waals surface area contributed by atoms with Crippen molar-refractivity contribution in [1.82, 2.24) is 0 Å². The van der Waals surface area contributed by atoms with Gasteiger partial charge < -0.3 is 11.1 Å². The number of amides is 4. The molecule has 2 aromatic carbocycles. The number of carbonyl (C=O) groups is 4. The molecule has 0 spiro atoms. The van der Waals surface area contributed by atoms with Crippen LogP contribution in [-0.2, 0) is 19.2 Å².